The number of thioether (sulfide) groups is 1. The molecular formula is C14H20ClNO3S2. The van der Waals surface area contributed by atoms with Crippen molar-refractivity contribution in [3.05, 3.63) is 34.9 Å². The number of nitrogens with one attached hydrogen (secondary N) is 1. The fourth-order valence-corrected chi connectivity index (χ4v) is 4.60. The largest absolute Gasteiger partial charge is 0.381 e. The predicted molar refractivity (Wildman–Crippen MR) is 88.4 cm³/mol. The summed E-state index contributed by atoms with van der Waals surface area (Å²) in [6.07, 6.45) is 2.12. The third kappa shape index (κ3) is 6.57. The standard InChI is InChI=1S/C14H20ClNO3S2/c15-13-3-1-12(2-4-13)11-21(17,18)16-7-10-20-14-5-8-19-9-6-14/h1-4,14,16H,5-11H2. The summed E-state index contributed by atoms with van der Waals surface area (Å²) in [6.45, 7) is 2.11. The van der Waals surface area contributed by atoms with Crippen molar-refractivity contribution in [1.82, 2.24) is 4.72 Å². The van der Waals surface area contributed by atoms with Crippen molar-refractivity contribution in [3.8, 4) is 0 Å². The first-order valence-corrected chi connectivity index (χ1v) is 10.0. The molecule has 0 radical (unpaired) electrons. The van der Waals surface area contributed by atoms with Crippen molar-refractivity contribution in [2.75, 3.05) is 25.5 Å². The summed E-state index contributed by atoms with van der Waals surface area (Å²) in [5.74, 6) is 0.788. The first-order chi connectivity index (χ1) is 10.1. The normalized spacial score (nSPS) is 17.0. The summed E-state index contributed by atoms with van der Waals surface area (Å²) < 4.78 is 31.9. The van der Waals surface area contributed by atoms with E-state index < -0.39 is 10.0 Å². The van der Waals surface area contributed by atoms with Gasteiger partial charge in [0.2, 0.25) is 10.0 Å². The van der Waals surface area contributed by atoms with Crippen LogP contribution in [0.3, 0.4) is 0 Å². The van der Waals surface area contributed by atoms with E-state index in [-0.39, 0.29) is 5.75 Å². The number of sulfonamides is 1. The lowest BCUT2D eigenvalue weighted by Gasteiger charge is -2.21. The summed E-state index contributed by atoms with van der Waals surface area (Å²) >= 11 is 7.60. The minimum Gasteiger partial charge on any atom is -0.381 e. The van der Waals surface area contributed by atoms with Gasteiger partial charge in [0.1, 0.15) is 0 Å². The monoisotopic (exact) mass is 349 g/mol. The molecule has 1 fully saturated rings. The molecule has 1 aromatic rings. The van der Waals surface area contributed by atoms with Crippen LogP contribution >= 0.6 is 23.4 Å². The van der Waals surface area contributed by atoms with Crippen LogP contribution in [0.25, 0.3) is 0 Å². The van der Waals surface area contributed by atoms with Crippen LogP contribution in [0.2, 0.25) is 5.02 Å². The quantitative estimate of drug-likeness (QED) is 0.769. The van der Waals surface area contributed by atoms with Crippen molar-refractivity contribution < 1.29 is 13.2 Å². The molecule has 7 heteroatoms. The average Bonchev–Trinajstić information content (AvgIpc) is 2.47. The van der Waals surface area contributed by atoms with Crippen LogP contribution in [-0.2, 0) is 20.5 Å². The zero-order valence-electron chi connectivity index (χ0n) is 11.8. The third-order valence-corrected chi connectivity index (χ3v) is 6.21. The van der Waals surface area contributed by atoms with E-state index in [2.05, 4.69) is 4.72 Å². The lowest BCUT2D eigenvalue weighted by molar-refractivity contribution is 0.100. The van der Waals surface area contributed by atoms with Gasteiger partial charge in [-0.05, 0) is 30.5 Å². The van der Waals surface area contributed by atoms with Crippen LogP contribution < -0.4 is 4.72 Å². The highest BCUT2D eigenvalue weighted by Gasteiger charge is 2.15. The van der Waals surface area contributed by atoms with E-state index >= 15 is 0 Å². The van der Waals surface area contributed by atoms with Gasteiger partial charge >= 0.3 is 0 Å². The topological polar surface area (TPSA) is 55.4 Å². The first-order valence-electron chi connectivity index (χ1n) is 6.96. The van der Waals surface area contributed by atoms with Gasteiger partial charge in [-0.15, -0.1) is 0 Å². The van der Waals surface area contributed by atoms with Crippen LogP contribution in [0, 0.1) is 0 Å². The fraction of sp³-hybridized carbons (Fsp3) is 0.571. The number of benzene rings is 1. The Morgan fingerprint density at radius 3 is 2.57 bits per heavy atom. The van der Waals surface area contributed by atoms with Crippen LogP contribution in [0.5, 0.6) is 0 Å². The summed E-state index contributed by atoms with van der Waals surface area (Å²) in [6, 6.07) is 6.87. The average molecular weight is 350 g/mol. The van der Waals surface area contributed by atoms with E-state index in [1.807, 2.05) is 11.8 Å². The maximum atomic E-state index is 12.0. The molecule has 0 amide bonds. The molecule has 0 saturated carbocycles. The Morgan fingerprint density at radius 1 is 1.24 bits per heavy atom. The predicted octanol–water partition coefficient (Wildman–Crippen LogP) is 2.67. The van der Waals surface area contributed by atoms with Crippen molar-refractivity contribution in [3.63, 3.8) is 0 Å². The van der Waals surface area contributed by atoms with E-state index in [9.17, 15) is 8.42 Å². The summed E-state index contributed by atoms with van der Waals surface area (Å²) in [5.41, 5.74) is 0.740. The van der Waals surface area contributed by atoms with Gasteiger partial charge in [0.15, 0.2) is 0 Å². The maximum Gasteiger partial charge on any atom is 0.215 e. The molecule has 1 heterocycles. The van der Waals surface area contributed by atoms with Gasteiger partial charge in [0, 0.05) is 35.8 Å². The van der Waals surface area contributed by atoms with Crippen LogP contribution in [0.1, 0.15) is 18.4 Å². The zero-order chi connectivity index (χ0) is 15.1. The van der Waals surface area contributed by atoms with Gasteiger partial charge in [-0.2, -0.15) is 11.8 Å². The molecule has 1 N–H and O–H groups in total. The highest BCUT2D eigenvalue weighted by atomic mass is 35.5. The van der Waals surface area contributed by atoms with E-state index in [1.54, 1.807) is 24.3 Å². The molecule has 4 nitrogen and oxygen atoms in total. The number of hydrogen-bond acceptors (Lipinski definition) is 4. The van der Waals surface area contributed by atoms with Crippen molar-refractivity contribution in [2.45, 2.75) is 23.8 Å². The highest BCUT2D eigenvalue weighted by molar-refractivity contribution is 8.00. The van der Waals surface area contributed by atoms with Crippen molar-refractivity contribution in [2.24, 2.45) is 0 Å². The third-order valence-electron chi connectivity index (χ3n) is 3.22. The summed E-state index contributed by atoms with van der Waals surface area (Å²) in [7, 11) is -3.28. The Morgan fingerprint density at radius 2 is 1.90 bits per heavy atom. The molecule has 1 aliphatic rings. The molecule has 1 saturated heterocycles. The van der Waals surface area contributed by atoms with Gasteiger partial charge in [-0.3, -0.25) is 0 Å². The fourth-order valence-electron chi connectivity index (χ4n) is 2.12. The Balaban J connectivity index is 1.69. The summed E-state index contributed by atoms with van der Waals surface area (Å²) in [4.78, 5) is 0. The lowest BCUT2D eigenvalue weighted by Crippen LogP contribution is -2.28. The number of halogens is 1. The van der Waals surface area contributed by atoms with Crippen LogP contribution in [0.15, 0.2) is 24.3 Å². The minimum absolute atomic E-state index is 0.00783. The van der Waals surface area contributed by atoms with Gasteiger partial charge in [-0.25, -0.2) is 13.1 Å². The second kappa shape index (κ2) is 8.39. The van der Waals surface area contributed by atoms with Gasteiger partial charge in [0.05, 0.1) is 5.75 Å². The van der Waals surface area contributed by atoms with Gasteiger partial charge in [-0.1, -0.05) is 23.7 Å². The molecule has 0 aliphatic carbocycles. The number of rotatable bonds is 7. The van der Waals surface area contributed by atoms with Crippen molar-refractivity contribution >= 4 is 33.4 Å². The molecule has 0 bridgehead atoms. The number of hydrogen-bond donors (Lipinski definition) is 1. The van der Waals surface area contributed by atoms with E-state index in [0.29, 0.717) is 16.8 Å². The molecule has 1 aliphatic heterocycles. The number of ether oxygens (including phenoxy) is 1. The zero-order valence-corrected chi connectivity index (χ0v) is 14.1. The molecule has 0 spiro atoms. The minimum atomic E-state index is -3.28. The first kappa shape index (κ1) is 17.1. The molecular weight excluding hydrogens is 330 g/mol. The van der Waals surface area contributed by atoms with Crippen molar-refractivity contribution in [1.29, 1.82) is 0 Å². The second-order valence-corrected chi connectivity index (χ2v) is 8.61. The van der Waals surface area contributed by atoms with Crippen LogP contribution in [-0.4, -0.2) is 39.2 Å². The maximum absolute atomic E-state index is 12.0. The lowest BCUT2D eigenvalue weighted by atomic mass is 10.2. The van der Waals surface area contributed by atoms with Gasteiger partial charge in [0.25, 0.3) is 0 Å². The molecule has 118 valence electrons. The second-order valence-electron chi connectivity index (χ2n) is 4.96. The van der Waals surface area contributed by atoms with E-state index in [1.165, 1.54) is 0 Å². The Hall–Kier alpha value is -0.270. The molecule has 0 atom stereocenters. The van der Waals surface area contributed by atoms with Gasteiger partial charge < -0.3 is 4.74 Å². The van der Waals surface area contributed by atoms with E-state index in [0.717, 1.165) is 37.4 Å². The SMILES string of the molecule is O=S(=O)(Cc1ccc(Cl)cc1)NCCSC1CCOCC1. The molecule has 1 aromatic carbocycles. The Bertz CT molecular complexity index is 528. The Kier molecular flexibility index (Phi) is 6.82. The van der Waals surface area contributed by atoms with Crippen LogP contribution in [0.4, 0.5) is 0 Å². The van der Waals surface area contributed by atoms with E-state index in [4.69, 9.17) is 16.3 Å². The molecule has 2 rings (SSSR count). The smallest absolute Gasteiger partial charge is 0.215 e. The molecule has 0 unspecified atom stereocenters. The highest BCUT2D eigenvalue weighted by Crippen LogP contribution is 2.21. The molecule has 0 aromatic heterocycles. The summed E-state index contributed by atoms with van der Waals surface area (Å²) in [5, 5.41) is 1.21. The molecule has 21 heavy (non-hydrogen) atoms. The Labute approximate surface area is 135 Å².